The van der Waals surface area contributed by atoms with Gasteiger partial charge in [0.2, 0.25) is 0 Å². The Balaban J connectivity index is 2.75. The van der Waals surface area contributed by atoms with Crippen molar-refractivity contribution in [1.29, 1.82) is 0 Å². The Bertz CT molecular complexity index is 686. The van der Waals surface area contributed by atoms with Crippen LogP contribution in [0.4, 0.5) is 0 Å². The van der Waals surface area contributed by atoms with Crippen molar-refractivity contribution in [1.82, 2.24) is 9.55 Å². The third kappa shape index (κ3) is 2.29. The van der Waals surface area contributed by atoms with Crippen molar-refractivity contribution in [3.05, 3.63) is 26.1 Å². The molecule has 0 aliphatic rings. The lowest BCUT2D eigenvalue weighted by Gasteiger charge is -2.14. The molecule has 0 radical (unpaired) electrons. The second kappa shape index (κ2) is 4.63. The minimum atomic E-state index is 0.0381. The Labute approximate surface area is 115 Å². The molecule has 0 fully saturated rings. The first-order valence-electron chi connectivity index (χ1n) is 6.11. The van der Waals surface area contributed by atoms with Gasteiger partial charge in [0.05, 0.1) is 5.52 Å². The fourth-order valence-corrected chi connectivity index (χ4v) is 3.24. The third-order valence-electron chi connectivity index (χ3n) is 2.84. The Kier molecular flexibility index (Phi) is 3.47. The van der Waals surface area contributed by atoms with Crippen LogP contribution >= 0.6 is 23.6 Å². The predicted molar refractivity (Wildman–Crippen MR) is 80.3 cm³/mol. The first-order valence-corrected chi connectivity index (χ1v) is 7.34. The maximum Gasteiger partial charge on any atom is 0.272 e. The molecule has 5 heteroatoms. The average molecular weight is 282 g/mol. The molecule has 18 heavy (non-hydrogen) atoms. The van der Waals surface area contributed by atoms with Crippen molar-refractivity contribution in [2.75, 3.05) is 0 Å². The molecule has 2 aromatic rings. The molecule has 0 unspecified atom stereocenters. The van der Waals surface area contributed by atoms with Crippen LogP contribution in [0.1, 0.15) is 39.0 Å². The van der Waals surface area contributed by atoms with E-state index in [9.17, 15) is 4.79 Å². The van der Waals surface area contributed by atoms with Gasteiger partial charge in [-0.05, 0) is 30.1 Å². The lowest BCUT2D eigenvalue weighted by molar-refractivity contribution is 0.604. The van der Waals surface area contributed by atoms with Crippen LogP contribution in [0.5, 0.6) is 0 Å². The number of rotatable bonds is 2. The summed E-state index contributed by atoms with van der Waals surface area (Å²) in [6.45, 7) is 9.16. The second-order valence-corrected chi connectivity index (χ2v) is 6.93. The van der Waals surface area contributed by atoms with E-state index in [0.717, 1.165) is 16.6 Å². The molecule has 0 atom stereocenters. The minimum absolute atomic E-state index is 0.0381. The Hall–Kier alpha value is -0.940. The summed E-state index contributed by atoms with van der Waals surface area (Å²) in [5, 5.41) is 0. The molecule has 0 saturated heterocycles. The van der Waals surface area contributed by atoms with Crippen LogP contribution in [0.15, 0.2) is 10.9 Å². The Morgan fingerprint density at radius 1 is 1.44 bits per heavy atom. The molecule has 0 aromatic carbocycles. The summed E-state index contributed by atoms with van der Waals surface area (Å²) in [5.74, 6) is 0. The molecule has 2 aromatic heterocycles. The van der Waals surface area contributed by atoms with Gasteiger partial charge in [0.1, 0.15) is 4.70 Å². The van der Waals surface area contributed by atoms with E-state index >= 15 is 0 Å². The Morgan fingerprint density at radius 3 is 2.67 bits per heavy atom. The normalized spacial score (nSPS) is 12.2. The minimum Gasteiger partial charge on any atom is -0.331 e. The lowest BCUT2D eigenvalue weighted by atomic mass is 9.95. The maximum absolute atomic E-state index is 12.4. The van der Waals surface area contributed by atoms with Gasteiger partial charge in [-0.2, -0.15) is 0 Å². The van der Waals surface area contributed by atoms with Crippen LogP contribution in [-0.4, -0.2) is 9.55 Å². The monoisotopic (exact) mass is 282 g/mol. The quantitative estimate of drug-likeness (QED) is 0.850. The summed E-state index contributed by atoms with van der Waals surface area (Å²) in [6.07, 6.45) is 0.903. The average Bonchev–Trinajstić information content (AvgIpc) is 2.67. The van der Waals surface area contributed by atoms with Crippen molar-refractivity contribution >= 4 is 33.8 Å². The number of aromatic amines is 1. The summed E-state index contributed by atoms with van der Waals surface area (Å²) in [4.78, 5) is 16.7. The van der Waals surface area contributed by atoms with E-state index in [1.54, 1.807) is 15.9 Å². The molecule has 0 saturated carbocycles. The SMILES string of the molecule is CCCn1c(=S)[nH]c2cc(C(C)(C)C)sc2c1=O. The smallest absolute Gasteiger partial charge is 0.272 e. The molecule has 0 aliphatic heterocycles. The molecule has 0 bridgehead atoms. The molecule has 0 aliphatic carbocycles. The van der Waals surface area contributed by atoms with E-state index in [4.69, 9.17) is 12.2 Å². The van der Waals surface area contributed by atoms with E-state index in [0.29, 0.717) is 11.3 Å². The molecule has 2 rings (SSSR count). The third-order valence-corrected chi connectivity index (χ3v) is 4.72. The number of nitrogens with zero attached hydrogens (tertiary/aromatic N) is 1. The maximum atomic E-state index is 12.4. The van der Waals surface area contributed by atoms with Crippen LogP contribution in [0.25, 0.3) is 10.2 Å². The summed E-state index contributed by atoms with van der Waals surface area (Å²) in [5.41, 5.74) is 0.963. The van der Waals surface area contributed by atoms with Gasteiger partial charge in [-0.25, -0.2) is 0 Å². The van der Waals surface area contributed by atoms with Gasteiger partial charge in [0.25, 0.3) is 5.56 Å². The first-order chi connectivity index (χ1) is 8.34. The number of hydrogen-bond acceptors (Lipinski definition) is 3. The summed E-state index contributed by atoms with van der Waals surface area (Å²) in [7, 11) is 0. The molecule has 0 spiro atoms. The van der Waals surface area contributed by atoms with E-state index < -0.39 is 0 Å². The van der Waals surface area contributed by atoms with Gasteiger partial charge >= 0.3 is 0 Å². The van der Waals surface area contributed by atoms with Crippen LogP contribution in [0.2, 0.25) is 0 Å². The summed E-state index contributed by atoms with van der Waals surface area (Å²) >= 11 is 6.82. The molecular formula is C13H18N2OS2. The second-order valence-electron chi connectivity index (χ2n) is 5.49. The highest BCUT2D eigenvalue weighted by atomic mass is 32.1. The molecule has 0 amide bonds. The molecule has 98 valence electrons. The van der Waals surface area contributed by atoms with Crippen molar-refractivity contribution in [3.63, 3.8) is 0 Å². The highest BCUT2D eigenvalue weighted by Crippen LogP contribution is 2.31. The van der Waals surface area contributed by atoms with E-state index in [1.165, 1.54) is 4.88 Å². The number of H-pyrrole nitrogens is 1. The first kappa shape index (κ1) is 13.5. The van der Waals surface area contributed by atoms with E-state index in [1.807, 2.05) is 13.0 Å². The topological polar surface area (TPSA) is 37.8 Å². The van der Waals surface area contributed by atoms with Crippen molar-refractivity contribution in [2.45, 2.75) is 46.1 Å². The molecule has 3 nitrogen and oxygen atoms in total. The summed E-state index contributed by atoms with van der Waals surface area (Å²) < 4.78 is 2.95. The zero-order valence-corrected chi connectivity index (χ0v) is 12.8. The molecular weight excluding hydrogens is 264 g/mol. The van der Waals surface area contributed by atoms with Gasteiger partial charge in [-0.15, -0.1) is 11.3 Å². The molecule has 2 heterocycles. The highest BCUT2D eigenvalue weighted by molar-refractivity contribution is 7.71. The summed E-state index contributed by atoms with van der Waals surface area (Å²) in [6, 6.07) is 2.05. The van der Waals surface area contributed by atoms with Crippen LogP contribution < -0.4 is 5.56 Å². The fourth-order valence-electron chi connectivity index (χ4n) is 1.84. The van der Waals surface area contributed by atoms with Gasteiger partial charge in [0, 0.05) is 11.4 Å². The fraction of sp³-hybridized carbons (Fsp3) is 0.538. The van der Waals surface area contributed by atoms with Crippen LogP contribution in [-0.2, 0) is 12.0 Å². The van der Waals surface area contributed by atoms with Gasteiger partial charge < -0.3 is 4.98 Å². The number of thiophene rings is 1. The number of hydrogen-bond donors (Lipinski definition) is 1. The largest absolute Gasteiger partial charge is 0.331 e. The number of fused-ring (bicyclic) bond motifs is 1. The van der Waals surface area contributed by atoms with E-state index in [2.05, 4.69) is 25.8 Å². The van der Waals surface area contributed by atoms with Gasteiger partial charge in [-0.1, -0.05) is 27.7 Å². The number of aromatic nitrogens is 2. The van der Waals surface area contributed by atoms with Gasteiger partial charge in [-0.3, -0.25) is 9.36 Å². The Morgan fingerprint density at radius 2 is 2.11 bits per heavy atom. The standard InChI is InChI=1S/C13H18N2OS2/c1-5-6-15-11(16)10-8(14-12(15)17)7-9(18-10)13(2,3)4/h7H,5-6H2,1-4H3,(H,14,17). The number of nitrogens with one attached hydrogen (secondary N) is 1. The van der Waals surface area contributed by atoms with Crippen LogP contribution in [0.3, 0.4) is 0 Å². The molecule has 1 N–H and O–H groups in total. The lowest BCUT2D eigenvalue weighted by Crippen LogP contribution is -2.20. The van der Waals surface area contributed by atoms with Crippen molar-refractivity contribution < 1.29 is 0 Å². The van der Waals surface area contributed by atoms with Gasteiger partial charge in [0.15, 0.2) is 4.77 Å². The van der Waals surface area contributed by atoms with Crippen LogP contribution in [0, 0.1) is 4.77 Å². The zero-order chi connectivity index (χ0) is 13.5. The van der Waals surface area contributed by atoms with E-state index in [-0.39, 0.29) is 11.0 Å². The predicted octanol–water partition coefficient (Wildman–Crippen LogP) is 3.83. The highest BCUT2D eigenvalue weighted by Gasteiger charge is 2.19. The van der Waals surface area contributed by atoms with Crippen molar-refractivity contribution in [3.8, 4) is 0 Å². The zero-order valence-electron chi connectivity index (χ0n) is 11.2. The van der Waals surface area contributed by atoms with Crippen molar-refractivity contribution in [2.24, 2.45) is 0 Å².